The van der Waals surface area contributed by atoms with E-state index in [0.29, 0.717) is 0 Å². The van der Waals surface area contributed by atoms with Gasteiger partial charge in [0.15, 0.2) is 0 Å². The second kappa shape index (κ2) is 13.0. The lowest BCUT2D eigenvalue weighted by Gasteiger charge is -2.21. The zero-order valence-corrected chi connectivity index (χ0v) is 30.8. The first-order valence-electron chi connectivity index (χ1n) is 18.9. The lowest BCUT2D eigenvalue weighted by molar-refractivity contribution is 0.673. The minimum absolute atomic E-state index is 0.0524. The standard InChI is InChI=1S/C53H34OS/c1-3-12-34(13-4-1)38-16-11-17-40(30-38)52(41-27-29-51-47(31-41)44-19-9-10-21-50(44)55-51)37-24-22-36(23-25-37)46-33-48-43-28-26-39(35-14-5-2-6-15-35)32-49(43)54-53(48)45-20-8-7-18-42(45)46/h1-33,52H. The summed E-state index contributed by atoms with van der Waals surface area (Å²) >= 11 is 1.87. The van der Waals surface area contributed by atoms with Crippen LogP contribution in [0.15, 0.2) is 205 Å². The molecule has 9 aromatic carbocycles. The van der Waals surface area contributed by atoms with E-state index >= 15 is 0 Å². The van der Waals surface area contributed by atoms with Gasteiger partial charge < -0.3 is 4.42 Å². The molecule has 0 amide bonds. The van der Waals surface area contributed by atoms with E-state index in [1.165, 1.54) is 70.1 Å². The Morgan fingerprint density at radius 1 is 0.327 bits per heavy atom. The summed E-state index contributed by atoms with van der Waals surface area (Å²) in [7, 11) is 0. The number of thiophene rings is 1. The van der Waals surface area contributed by atoms with Crippen molar-refractivity contribution in [2.75, 3.05) is 0 Å². The lowest BCUT2D eigenvalue weighted by atomic mass is 9.83. The summed E-state index contributed by atoms with van der Waals surface area (Å²) in [5.74, 6) is 0.0524. The van der Waals surface area contributed by atoms with Crippen molar-refractivity contribution in [2.45, 2.75) is 5.92 Å². The lowest BCUT2D eigenvalue weighted by Crippen LogP contribution is -2.04. The molecule has 1 atom stereocenters. The van der Waals surface area contributed by atoms with Gasteiger partial charge in [-0.1, -0.05) is 164 Å². The van der Waals surface area contributed by atoms with Crippen LogP contribution in [0.5, 0.6) is 0 Å². The third-order valence-corrected chi connectivity index (χ3v) is 12.4. The fourth-order valence-electron chi connectivity index (χ4n) is 8.53. The molecule has 1 nitrogen and oxygen atoms in total. The molecule has 55 heavy (non-hydrogen) atoms. The average molecular weight is 719 g/mol. The van der Waals surface area contributed by atoms with Gasteiger partial charge in [0.25, 0.3) is 0 Å². The number of hydrogen-bond donors (Lipinski definition) is 0. The van der Waals surface area contributed by atoms with E-state index in [-0.39, 0.29) is 5.92 Å². The molecule has 0 aliphatic carbocycles. The third-order valence-electron chi connectivity index (χ3n) is 11.2. The highest BCUT2D eigenvalue weighted by molar-refractivity contribution is 7.25. The van der Waals surface area contributed by atoms with Crippen LogP contribution in [0.1, 0.15) is 22.6 Å². The van der Waals surface area contributed by atoms with Crippen molar-refractivity contribution < 1.29 is 4.42 Å². The molecular formula is C53H34OS. The topological polar surface area (TPSA) is 13.1 Å². The number of benzene rings is 9. The smallest absolute Gasteiger partial charge is 0.143 e. The molecule has 11 aromatic rings. The fourth-order valence-corrected chi connectivity index (χ4v) is 9.62. The Morgan fingerprint density at radius 3 is 1.71 bits per heavy atom. The summed E-state index contributed by atoms with van der Waals surface area (Å²) in [5, 5.41) is 7.23. The predicted molar refractivity (Wildman–Crippen MR) is 234 cm³/mol. The molecule has 1 unspecified atom stereocenters. The molecule has 0 bridgehead atoms. The number of hydrogen-bond acceptors (Lipinski definition) is 2. The van der Waals surface area contributed by atoms with Crippen LogP contribution in [-0.2, 0) is 0 Å². The molecule has 0 radical (unpaired) electrons. The van der Waals surface area contributed by atoms with Gasteiger partial charge in [0, 0.05) is 42.2 Å². The Bertz CT molecular complexity index is 3190. The van der Waals surface area contributed by atoms with Gasteiger partial charge in [-0.25, -0.2) is 0 Å². The van der Waals surface area contributed by atoms with Crippen molar-refractivity contribution in [3.63, 3.8) is 0 Å². The Kier molecular flexibility index (Phi) is 7.50. The molecule has 0 saturated carbocycles. The van der Waals surface area contributed by atoms with Gasteiger partial charge in [-0.2, -0.15) is 0 Å². The number of furan rings is 1. The van der Waals surface area contributed by atoms with Crippen LogP contribution in [-0.4, -0.2) is 0 Å². The minimum Gasteiger partial charge on any atom is -0.455 e. The van der Waals surface area contributed by atoms with E-state index in [2.05, 4.69) is 200 Å². The van der Waals surface area contributed by atoms with Crippen molar-refractivity contribution >= 4 is 64.2 Å². The molecule has 0 saturated heterocycles. The van der Waals surface area contributed by atoms with Crippen LogP contribution < -0.4 is 0 Å². The van der Waals surface area contributed by atoms with Crippen LogP contribution >= 0.6 is 11.3 Å². The van der Waals surface area contributed by atoms with Crippen molar-refractivity contribution in [1.29, 1.82) is 0 Å². The number of fused-ring (bicyclic) bond motifs is 8. The molecular weight excluding hydrogens is 685 g/mol. The molecule has 0 fully saturated rings. The summed E-state index contributed by atoms with van der Waals surface area (Å²) in [5.41, 5.74) is 12.9. The number of rotatable bonds is 6. The van der Waals surface area contributed by atoms with E-state index in [0.717, 1.165) is 32.9 Å². The average Bonchev–Trinajstić information content (AvgIpc) is 3.82. The maximum atomic E-state index is 6.66. The van der Waals surface area contributed by atoms with Crippen molar-refractivity contribution in [3.05, 3.63) is 217 Å². The summed E-state index contributed by atoms with van der Waals surface area (Å²) in [6.07, 6.45) is 0. The van der Waals surface area contributed by atoms with Crippen LogP contribution in [0.25, 0.3) is 86.3 Å². The third kappa shape index (κ3) is 5.45. The second-order valence-electron chi connectivity index (χ2n) is 14.4. The minimum atomic E-state index is 0.0524. The maximum absolute atomic E-state index is 6.66. The normalized spacial score (nSPS) is 12.3. The Hall–Kier alpha value is -6.74. The largest absolute Gasteiger partial charge is 0.455 e. The van der Waals surface area contributed by atoms with Crippen molar-refractivity contribution in [3.8, 4) is 33.4 Å². The van der Waals surface area contributed by atoms with Gasteiger partial charge in [-0.15, -0.1) is 11.3 Å². The van der Waals surface area contributed by atoms with Crippen LogP contribution in [0.4, 0.5) is 0 Å². The summed E-state index contributed by atoms with van der Waals surface area (Å²) in [6, 6.07) is 73.0. The molecule has 258 valence electrons. The molecule has 11 rings (SSSR count). The summed E-state index contributed by atoms with van der Waals surface area (Å²) in [6.45, 7) is 0. The van der Waals surface area contributed by atoms with Crippen molar-refractivity contribution in [2.24, 2.45) is 0 Å². The van der Waals surface area contributed by atoms with E-state index in [9.17, 15) is 0 Å². The second-order valence-corrected chi connectivity index (χ2v) is 15.5. The molecule has 2 heteroatoms. The molecule has 0 N–H and O–H groups in total. The predicted octanol–water partition coefficient (Wildman–Crippen LogP) is 15.3. The van der Waals surface area contributed by atoms with E-state index < -0.39 is 0 Å². The monoisotopic (exact) mass is 718 g/mol. The Morgan fingerprint density at radius 2 is 0.927 bits per heavy atom. The SMILES string of the molecule is c1ccc(-c2cccc(C(c3ccc(-c4cc5c6ccc(-c7ccccc7)cc6oc5c5ccccc45)cc3)c3ccc4sc5ccccc5c4c3)c2)cc1. The van der Waals surface area contributed by atoms with Crippen LogP contribution in [0.3, 0.4) is 0 Å². The van der Waals surface area contributed by atoms with E-state index in [1.54, 1.807) is 0 Å². The van der Waals surface area contributed by atoms with E-state index in [4.69, 9.17) is 4.42 Å². The quantitative estimate of drug-likeness (QED) is 0.156. The van der Waals surface area contributed by atoms with Gasteiger partial charge in [-0.3, -0.25) is 0 Å². The first-order valence-corrected chi connectivity index (χ1v) is 19.7. The van der Waals surface area contributed by atoms with E-state index in [1.807, 2.05) is 11.3 Å². The zero-order chi connectivity index (χ0) is 36.3. The summed E-state index contributed by atoms with van der Waals surface area (Å²) in [4.78, 5) is 0. The Balaban J connectivity index is 1.06. The van der Waals surface area contributed by atoms with Crippen molar-refractivity contribution in [1.82, 2.24) is 0 Å². The van der Waals surface area contributed by atoms with Gasteiger partial charge >= 0.3 is 0 Å². The van der Waals surface area contributed by atoms with Crippen LogP contribution in [0, 0.1) is 0 Å². The van der Waals surface area contributed by atoms with Crippen LogP contribution in [0.2, 0.25) is 0 Å². The summed E-state index contributed by atoms with van der Waals surface area (Å²) < 4.78 is 9.31. The Labute approximate surface area is 323 Å². The van der Waals surface area contributed by atoms with Gasteiger partial charge in [0.2, 0.25) is 0 Å². The first-order chi connectivity index (χ1) is 27.2. The van der Waals surface area contributed by atoms with Gasteiger partial charge in [-0.05, 0) is 91.9 Å². The van der Waals surface area contributed by atoms with Gasteiger partial charge in [0.05, 0.1) is 0 Å². The van der Waals surface area contributed by atoms with Gasteiger partial charge in [0.1, 0.15) is 11.2 Å². The molecule has 0 aliphatic rings. The maximum Gasteiger partial charge on any atom is 0.143 e. The molecule has 0 aliphatic heterocycles. The highest BCUT2D eigenvalue weighted by atomic mass is 32.1. The molecule has 2 aromatic heterocycles. The fraction of sp³-hybridized carbons (Fsp3) is 0.0189. The molecule has 2 heterocycles. The first kappa shape index (κ1) is 31.8. The zero-order valence-electron chi connectivity index (χ0n) is 29.9. The highest BCUT2D eigenvalue weighted by Crippen LogP contribution is 2.43. The highest BCUT2D eigenvalue weighted by Gasteiger charge is 2.21. The molecule has 0 spiro atoms.